The van der Waals surface area contributed by atoms with E-state index in [1.54, 1.807) is 0 Å². The van der Waals surface area contributed by atoms with E-state index in [0.29, 0.717) is 31.2 Å². The zero-order valence-electron chi connectivity index (χ0n) is 27.7. The number of nitrogens with zero attached hydrogens (tertiary/aromatic N) is 1. The summed E-state index contributed by atoms with van der Waals surface area (Å²) in [5.74, 6) is 1.55. The van der Waals surface area contributed by atoms with E-state index in [1.807, 2.05) is 0 Å². The first-order valence-corrected chi connectivity index (χ1v) is 17.6. The number of nitrogens with one attached hydrogen (secondary N) is 1. The van der Waals surface area contributed by atoms with E-state index >= 15 is 0 Å². The van der Waals surface area contributed by atoms with Crippen molar-refractivity contribution in [3.8, 4) is 5.75 Å². The fourth-order valence-electron chi connectivity index (χ4n) is 10.4. The minimum absolute atomic E-state index is 0.0227. The van der Waals surface area contributed by atoms with Crippen molar-refractivity contribution < 1.29 is 34.6 Å². The Hall–Kier alpha value is -2.56. The molecular formula is C36H54N2O8. The number of hydrogen-bond acceptors (Lipinski definition) is 8. The van der Waals surface area contributed by atoms with Crippen molar-refractivity contribution >= 4 is 17.6 Å². The molecule has 4 fully saturated rings. The predicted molar refractivity (Wildman–Crippen MR) is 173 cm³/mol. The summed E-state index contributed by atoms with van der Waals surface area (Å²) in [5, 5.41) is 47.4. The summed E-state index contributed by atoms with van der Waals surface area (Å²) in [6, 6.07) is 5.41. The summed E-state index contributed by atoms with van der Waals surface area (Å²) in [6.07, 6.45) is 8.53. The third-order valence-electron chi connectivity index (χ3n) is 13.0. The number of aliphatic hydroxyl groups excluding tert-OH is 3. The summed E-state index contributed by atoms with van der Waals surface area (Å²) in [6.45, 7) is 7.37. The van der Waals surface area contributed by atoms with Crippen molar-refractivity contribution in [2.75, 3.05) is 6.54 Å². The van der Waals surface area contributed by atoms with E-state index in [0.717, 1.165) is 64.2 Å². The molecule has 4 saturated carbocycles. The third kappa shape index (κ3) is 6.99. The quantitative estimate of drug-likeness (QED) is 0.0759. The van der Waals surface area contributed by atoms with Crippen LogP contribution in [0.2, 0.25) is 0 Å². The van der Waals surface area contributed by atoms with Crippen molar-refractivity contribution in [2.24, 2.45) is 46.3 Å². The van der Waals surface area contributed by atoms with Gasteiger partial charge in [-0.2, -0.15) is 0 Å². The molecule has 0 saturated heterocycles. The molecule has 0 radical (unpaired) electrons. The smallest absolute Gasteiger partial charge is 0.311 e. The van der Waals surface area contributed by atoms with E-state index in [-0.39, 0.29) is 70.5 Å². The molecule has 1 aromatic carbocycles. The van der Waals surface area contributed by atoms with E-state index in [2.05, 4.69) is 26.1 Å². The molecule has 0 heterocycles. The van der Waals surface area contributed by atoms with E-state index < -0.39 is 17.0 Å². The molecule has 5 rings (SSSR count). The molecule has 10 heteroatoms. The van der Waals surface area contributed by atoms with Crippen LogP contribution in [0.3, 0.4) is 0 Å². The molecule has 0 aliphatic heterocycles. The van der Waals surface area contributed by atoms with Crippen molar-refractivity contribution in [1.29, 1.82) is 0 Å². The van der Waals surface area contributed by atoms with Crippen molar-refractivity contribution in [2.45, 2.75) is 123 Å². The van der Waals surface area contributed by atoms with Gasteiger partial charge >= 0.3 is 5.97 Å². The van der Waals surface area contributed by atoms with E-state index in [9.17, 15) is 35.0 Å². The highest BCUT2D eigenvalue weighted by atomic mass is 16.6. The second kappa shape index (κ2) is 14.3. The van der Waals surface area contributed by atoms with Crippen molar-refractivity contribution in [3.05, 3.63) is 34.4 Å². The Morgan fingerprint density at radius 3 is 2.46 bits per heavy atom. The van der Waals surface area contributed by atoms with Crippen LogP contribution in [-0.2, 0) is 9.59 Å². The van der Waals surface area contributed by atoms with Crippen LogP contribution in [0, 0.1) is 56.5 Å². The molecular weight excluding hydrogens is 588 g/mol. The SMILES string of the molecule is C[C@H](CCC(=O)NCCCCCC(=O)Oc1ccc([N+](=O)[O-])cc1)[C@H]1CCC2C3C(C[C@H](O)[C@@]21C)[C@@]1(C)CC[C@@H](O)C[C@H]1C[C@H]3O. The lowest BCUT2D eigenvalue weighted by atomic mass is 9.43. The Balaban J connectivity index is 1.03. The Labute approximate surface area is 272 Å². The number of rotatable bonds is 12. The fraction of sp³-hybridized carbons (Fsp3) is 0.778. The van der Waals surface area contributed by atoms with Crippen LogP contribution in [0.4, 0.5) is 5.69 Å². The lowest BCUT2D eigenvalue weighted by molar-refractivity contribution is -0.384. The first-order chi connectivity index (χ1) is 21.8. The number of fused-ring (bicyclic) bond motifs is 5. The van der Waals surface area contributed by atoms with Gasteiger partial charge in [0.2, 0.25) is 5.91 Å². The number of nitro groups is 1. The largest absolute Gasteiger partial charge is 0.427 e. The average molecular weight is 643 g/mol. The standard InChI is InChI=1S/C36H54N2O8/c1-22(8-15-32(42)37-18-6-4-5-7-33(43)46-26-11-9-24(10-12-26)38(44)45)27-13-14-28-34-29(21-31(41)36(27,28)3)35(2)17-16-25(39)19-23(35)20-30(34)40/h9-12,22-23,25,27-31,34,39-41H,4-8,13-21H2,1-3H3,(H,37,42)/t22-,23+,25-,27-,28?,29?,30-,31+,34?,35+,36-/m1/s1. The number of ether oxygens (including phenoxy) is 1. The second-order valence-electron chi connectivity index (χ2n) is 15.4. The predicted octanol–water partition coefficient (Wildman–Crippen LogP) is 5.55. The number of carbonyl (C=O) groups excluding carboxylic acids is 2. The van der Waals surface area contributed by atoms with Gasteiger partial charge in [0.15, 0.2) is 0 Å². The van der Waals surface area contributed by atoms with Gasteiger partial charge in [0.1, 0.15) is 5.75 Å². The lowest BCUT2D eigenvalue weighted by Gasteiger charge is -2.63. The molecule has 4 N–H and O–H groups in total. The Kier molecular flexibility index (Phi) is 10.8. The number of non-ortho nitro benzene ring substituents is 1. The Morgan fingerprint density at radius 2 is 1.74 bits per heavy atom. The zero-order chi connectivity index (χ0) is 33.2. The van der Waals surface area contributed by atoms with E-state index in [1.165, 1.54) is 24.3 Å². The molecule has 4 aliphatic carbocycles. The van der Waals surface area contributed by atoms with Gasteiger partial charge in [0.25, 0.3) is 5.69 Å². The van der Waals surface area contributed by atoms with Gasteiger partial charge in [0, 0.05) is 31.5 Å². The molecule has 0 spiro atoms. The molecule has 1 amide bonds. The van der Waals surface area contributed by atoms with Crippen LogP contribution < -0.4 is 10.1 Å². The molecule has 3 unspecified atom stereocenters. The van der Waals surface area contributed by atoms with Crippen LogP contribution in [0.1, 0.15) is 104 Å². The number of benzene rings is 1. The number of amides is 1. The number of carbonyl (C=O) groups is 2. The highest BCUT2D eigenvalue weighted by Gasteiger charge is 2.65. The summed E-state index contributed by atoms with van der Waals surface area (Å²) >= 11 is 0. The molecule has 4 aliphatic rings. The molecule has 0 bridgehead atoms. The number of unbranched alkanes of at least 4 members (excludes halogenated alkanes) is 2. The maximum absolute atomic E-state index is 12.7. The number of nitro benzene ring substituents is 1. The normalized spacial score (nSPS) is 37.3. The Bertz CT molecular complexity index is 1240. The second-order valence-corrected chi connectivity index (χ2v) is 15.4. The summed E-state index contributed by atoms with van der Waals surface area (Å²) in [7, 11) is 0. The monoisotopic (exact) mass is 642 g/mol. The highest BCUT2D eigenvalue weighted by molar-refractivity contribution is 5.75. The van der Waals surface area contributed by atoms with Crippen LogP contribution in [0.5, 0.6) is 5.75 Å². The average Bonchev–Trinajstić information content (AvgIpc) is 3.37. The molecule has 46 heavy (non-hydrogen) atoms. The zero-order valence-corrected chi connectivity index (χ0v) is 27.7. The van der Waals surface area contributed by atoms with Crippen LogP contribution in [-0.4, -0.2) is 57.0 Å². The molecule has 1 aromatic rings. The van der Waals surface area contributed by atoms with Crippen molar-refractivity contribution in [3.63, 3.8) is 0 Å². The molecule has 256 valence electrons. The van der Waals surface area contributed by atoms with Gasteiger partial charge in [-0.15, -0.1) is 0 Å². The fourth-order valence-corrected chi connectivity index (χ4v) is 10.4. The van der Waals surface area contributed by atoms with Gasteiger partial charge in [-0.05, 0) is 123 Å². The number of hydrogen-bond donors (Lipinski definition) is 4. The first-order valence-electron chi connectivity index (χ1n) is 17.6. The summed E-state index contributed by atoms with van der Waals surface area (Å²) in [4.78, 5) is 35.0. The maximum atomic E-state index is 12.7. The summed E-state index contributed by atoms with van der Waals surface area (Å²) in [5.41, 5.74) is -0.269. The topological polar surface area (TPSA) is 159 Å². The van der Waals surface area contributed by atoms with Gasteiger partial charge in [-0.25, -0.2) is 0 Å². The lowest BCUT2D eigenvalue weighted by Crippen LogP contribution is -2.62. The van der Waals surface area contributed by atoms with Crippen LogP contribution >= 0.6 is 0 Å². The molecule has 0 aromatic heterocycles. The number of esters is 1. The van der Waals surface area contributed by atoms with Crippen LogP contribution in [0.15, 0.2) is 24.3 Å². The maximum Gasteiger partial charge on any atom is 0.311 e. The first kappa shape index (κ1) is 34.8. The molecule has 10 nitrogen and oxygen atoms in total. The third-order valence-corrected chi connectivity index (χ3v) is 13.0. The summed E-state index contributed by atoms with van der Waals surface area (Å²) < 4.78 is 5.23. The van der Waals surface area contributed by atoms with Gasteiger partial charge in [-0.3, -0.25) is 19.7 Å². The number of aliphatic hydroxyl groups is 3. The highest BCUT2D eigenvalue weighted by Crippen LogP contribution is 2.68. The van der Waals surface area contributed by atoms with Gasteiger partial charge in [-0.1, -0.05) is 27.2 Å². The van der Waals surface area contributed by atoms with Gasteiger partial charge < -0.3 is 25.4 Å². The van der Waals surface area contributed by atoms with E-state index in [4.69, 9.17) is 4.74 Å². The minimum atomic E-state index is -0.506. The molecule has 11 atom stereocenters. The Morgan fingerprint density at radius 1 is 1.00 bits per heavy atom. The van der Waals surface area contributed by atoms with Gasteiger partial charge in [0.05, 0.1) is 23.2 Å². The minimum Gasteiger partial charge on any atom is -0.427 e. The van der Waals surface area contributed by atoms with Crippen LogP contribution in [0.25, 0.3) is 0 Å². The van der Waals surface area contributed by atoms with Crippen molar-refractivity contribution in [1.82, 2.24) is 5.32 Å².